The van der Waals surface area contributed by atoms with E-state index in [1.54, 1.807) is 0 Å². The number of halogens is 3. The molecule has 4 rings (SSSR count). The van der Waals surface area contributed by atoms with E-state index >= 15 is 0 Å². The second-order valence-electron chi connectivity index (χ2n) is 5.82. The summed E-state index contributed by atoms with van der Waals surface area (Å²) in [5.41, 5.74) is -1.22. The average molecular weight is 395 g/mol. The standard InChI is InChI=1S/C16H9Cl2FN4O3/c17-11-3-7(4-12(18)21-11)6-23-15(26)22-14(25)16(23)9-5-8(19)1-2-10(9)20-13(16)24/h1-5H,6H2,(H,20,24)(H,22,25,26)/t16-/m1/s1. The van der Waals surface area contributed by atoms with Gasteiger partial charge in [0.25, 0.3) is 11.8 Å². The highest BCUT2D eigenvalue weighted by molar-refractivity contribution is 6.32. The molecule has 1 atom stereocenters. The van der Waals surface area contributed by atoms with Gasteiger partial charge in [0.05, 0.1) is 0 Å². The number of benzene rings is 1. The van der Waals surface area contributed by atoms with Gasteiger partial charge in [-0.3, -0.25) is 19.8 Å². The zero-order valence-electron chi connectivity index (χ0n) is 12.8. The van der Waals surface area contributed by atoms with Crippen molar-refractivity contribution >= 4 is 46.7 Å². The SMILES string of the molecule is O=C1NC(=O)[C@@]2(C(=O)Nc3ccc(F)cc32)N1Cc1cc(Cl)nc(Cl)c1. The van der Waals surface area contributed by atoms with Gasteiger partial charge in [-0.2, -0.15) is 0 Å². The van der Waals surface area contributed by atoms with Crippen LogP contribution in [-0.4, -0.2) is 27.7 Å². The summed E-state index contributed by atoms with van der Waals surface area (Å²) in [4.78, 5) is 42.5. The van der Waals surface area contributed by atoms with Crippen LogP contribution in [-0.2, 0) is 21.7 Å². The molecule has 0 bridgehead atoms. The monoisotopic (exact) mass is 394 g/mol. The van der Waals surface area contributed by atoms with Crippen LogP contribution in [0.2, 0.25) is 10.3 Å². The molecule has 2 N–H and O–H groups in total. The van der Waals surface area contributed by atoms with E-state index in [1.165, 1.54) is 18.2 Å². The fourth-order valence-corrected chi connectivity index (χ4v) is 3.77. The van der Waals surface area contributed by atoms with E-state index in [2.05, 4.69) is 15.6 Å². The Morgan fingerprint density at radius 1 is 1.04 bits per heavy atom. The van der Waals surface area contributed by atoms with Crippen molar-refractivity contribution in [2.45, 2.75) is 12.1 Å². The van der Waals surface area contributed by atoms with Crippen LogP contribution in [0, 0.1) is 5.82 Å². The highest BCUT2D eigenvalue weighted by Gasteiger charge is 2.63. The molecule has 2 aromatic rings. The van der Waals surface area contributed by atoms with Crippen LogP contribution in [0.25, 0.3) is 0 Å². The lowest BCUT2D eigenvalue weighted by molar-refractivity contribution is -0.137. The van der Waals surface area contributed by atoms with Crippen LogP contribution in [0.15, 0.2) is 30.3 Å². The predicted octanol–water partition coefficient (Wildman–Crippen LogP) is 2.43. The number of hydrogen-bond donors (Lipinski definition) is 2. The number of nitrogens with zero attached hydrogens (tertiary/aromatic N) is 2. The van der Waals surface area contributed by atoms with Crippen LogP contribution in [0.4, 0.5) is 14.9 Å². The number of urea groups is 1. The molecule has 0 unspecified atom stereocenters. The molecule has 1 aromatic heterocycles. The first-order valence-corrected chi connectivity index (χ1v) is 8.14. The molecular formula is C16H9Cl2FN4O3. The van der Waals surface area contributed by atoms with E-state index in [1.807, 2.05) is 0 Å². The summed E-state index contributed by atoms with van der Waals surface area (Å²) in [5.74, 6) is -2.23. The van der Waals surface area contributed by atoms with Gasteiger partial charge in [0, 0.05) is 17.8 Å². The number of anilines is 1. The van der Waals surface area contributed by atoms with Crippen molar-refractivity contribution in [2.75, 3.05) is 5.32 Å². The Kier molecular flexibility index (Phi) is 3.64. The molecule has 4 amide bonds. The maximum atomic E-state index is 13.8. The second-order valence-corrected chi connectivity index (χ2v) is 6.60. The van der Waals surface area contributed by atoms with Crippen molar-refractivity contribution in [1.82, 2.24) is 15.2 Å². The molecule has 132 valence electrons. The van der Waals surface area contributed by atoms with Crippen LogP contribution in [0.3, 0.4) is 0 Å². The maximum absolute atomic E-state index is 13.8. The number of carbonyl (C=O) groups excluding carboxylic acids is 3. The molecule has 0 radical (unpaired) electrons. The van der Waals surface area contributed by atoms with Crippen LogP contribution < -0.4 is 10.6 Å². The Morgan fingerprint density at radius 3 is 2.38 bits per heavy atom. The predicted molar refractivity (Wildman–Crippen MR) is 90.0 cm³/mol. The van der Waals surface area contributed by atoms with Gasteiger partial charge in [0.2, 0.25) is 5.54 Å². The van der Waals surface area contributed by atoms with Crippen molar-refractivity contribution in [3.05, 3.63) is 57.6 Å². The van der Waals surface area contributed by atoms with Gasteiger partial charge in [-0.15, -0.1) is 0 Å². The Balaban J connectivity index is 1.86. The third-order valence-electron chi connectivity index (χ3n) is 4.31. The maximum Gasteiger partial charge on any atom is 0.326 e. The third kappa shape index (κ3) is 2.26. The van der Waals surface area contributed by atoms with Gasteiger partial charge < -0.3 is 5.32 Å². The van der Waals surface area contributed by atoms with Gasteiger partial charge in [-0.25, -0.2) is 14.2 Å². The Morgan fingerprint density at radius 2 is 1.69 bits per heavy atom. The van der Waals surface area contributed by atoms with Crippen LogP contribution >= 0.6 is 23.2 Å². The largest absolute Gasteiger partial charge is 0.326 e. The number of rotatable bonds is 2. The number of pyridine rings is 1. The summed E-state index contributed by atoms with van der Waals surface area (Å²) in [7, 11) is 0. The topological polar surface area (TPSA) is 91.4 Å². The highest BCUT2D eigenvalue weighted by Crippen LogP contribution is 2.44. The average Bonchev–Trinajstić information content (AvgIpc) is 2.96. The Labute approximate surface area is 156 Å². The Hall–Kier alpha value is -2.71. The molecule has 1 saturated heterocycles. The molecule has 0 saturated carbocycles. The lowest BCUT2D eigenvalue weighted by Gasteiger charge is -2.29. The number of hydrogen-bond acceptors (Lipinski definition) is 4. The van der Waals surface area contributed by atoms with Gasteiger partial charge in [-0.1, -0.05) is 23.2 Å². The smallest absolute Gasteiger partial charge is 0.323 e. The van der Waals surface area contributed by atoms with Crippen molar-refractivity contribution in [1.29, 1.82) is 0 Å². The summed E-state index contributed by atoms with van der Waals surface area (Å²) < 4.78 is 13.8. The zero-order valence-corrected chi connectivity index (χ0v) is 14.4. The minimum atomic E-state index is -2.00. The minimum absolute atomic E-state index is 0.0668. The molecule has 10 heteroatoms. The molecule has 3 heterocycles. The summed E-state index contributed by atoms with van der Waals surface area (Å²) >= 11 is 11.7. The van der Waals surface area contributed by atoms with Crippen LogP contribution in [0.5, 0.6) is 0 Å². The summed E-state index contributed by atoms with van der Waals surface area (Å²) in [5, 5.41) is 4.83. The molecule has 1 spiro atoms. The first-order valence-electron chi connectivity index (χ1n) is 7.39. The molecule has 2 aliphatic rings. The number of nitrogens with one attached hydrogen (secondary N) is 2. The van der Waals surface area contributed by atoms with E-state index in [0.29, 0.717) is 5.56 Å². The number of amides is 4. The Bertz CT molecular complexity index is 979. The summed E-state index contributed by atoms with van der Waals surface area (Å²) in [6.07, 6.45) is 0. The highest BCUT2D eigenvalue weighted by atomic mass is 35.5. The first kappa shape index (κ1) is 16.7. The summed E-state index contributed by atoms with van der Waals surface area (Å²) in [6, 6.07) is 5.68. The van der Waals surface area contributed by atoms with Crippen molar-refractivity contribution in [2.24, 2.45) is 0 Å². The number of carbonyl (C=O) groups is 3. The quantitative estimate of drug-likeness (QED) is 0.464. The van der Waals surface area contributed by atoms with E-state index in [-0.39, 0.29) is 28.1 Å². The molecule has 2 aliphatic heterocycles. The van der Waals surface area contributed by atoms with Crippen molar-refractivity contribution < 1.29 is 18.8 Å². The van der Waals surface area contributed by atoms with Gasteiger partial charge in [-0.05, 0) is 35.9 Å². The van der Waals surface area contributed by atoms with Crippen molar-refractivity contribution in [3.8, 4) is 0 Å². The molecule has 0 aliphatic carbocycles. The number of fused-ring (bicyclic) bond motifs is 2. The van der Waals surface area contributed by atoms with Gasteiger partial charge >= 0.3 is 6.03 Å². The second kappa shape index (κ2) is 5.65. The van der Waals surface area contributed by atoms with Gasteiger partial charge in [0.15, 0.2) is 0 Å². The van der Waals surface area contributed by atoms with E-state index in [0.717, 1.165) is 17.0 Å². The minimum Gasteiger partial charge on any atom is -0.323 e. The molecule has 1 aromatic carbocycles. The summed E-state index contributed by atoms with van der Waals surface area (Å²) in [6.45, 7) is -0.164. The normalized spacial score (nSPS) is 21.2. The van der Waals surface area contributed by atoms with E-state index < -0.39 is 29.2 Å². The lowest BCUT2D eigenvalue weighted by atomic mass is 9.89. The van der Waals surface area contributed by atoms with Gasteiger partial charge in [0.1, 0.15) is 16.1 Å². The number of aromatic nitrogens is 1. The zero-order chi connectivity index (χ0) is 18.6. The first-order chi connectivity index (χ1) is 12.3. The third-order valence-corrected chi connectivity index (χ3v) is 4.70. The fraction of sp³-hybridized carbons (Fsp3) is 0.125. The fourth-order valence-electron chi connectivity index (χ4n) is 3.26. The lowest BCUT2D eigenvalue weighted by Crippen LogP contribution is -2.51. The van der Waals surface area contributed by atoms with E-state index in [9.17, 15) is 18.8 Å². The van der Waals surface area contributed by atoms with E-state index in [4.69, 9.17) is 23.2 Å². The molecule has 1 fully saturated rings. The molecule has 26 heavy (non-hydrogen) atoms. The number of imide groups is 1. The van der Waals surface area contributed by atoms with Crippen LogP contribution in [0.1, 0.15) is 11.1 Å². The molecule has 7 nitrogen and oxygen atoms in total. The molecular weight excluding hydrogens is 386 g/mol. The van der Waals surface area contributed by atoms with Crippen molar-refractivity contribution in [3.63, 3.8) is 0 Å².